The number of carbonyl (C=O) groups excluding carboxylic acids is 1. The smallest absolute Gasteiger partial charge is 0.330 e. The van der Waals surface area contributed by atoms with Gasteiger partial charge in [-0.2, -0.15) is 0 Å². The molecule has 0 aliphatic heterocycles. The van der Waals surface area contributed by atoms with Gasteiger partial charge in [-0.1, -0.05) is 25.6 Å². The third-order valence-electron chi connectivity index (χ3n) is 4.97. The fourth-order valence-corrected chi connectivity index (χ4v) is 4.06. The van der Waals surface area contributed by atoms with Gasteiger partial charge in [-0.15, -0.1) is 0 Å². The Balaban J connectivity index is 1.76. The van der Waals surface area contributed by atoms with Crippen molar-refractivity contribution in [3.05, 3.63) is 26.7 Å². The van der Waals surface area contributed by atoms with Crippen LogP contribution in [0.5, 0.6) is 0 Å². The second-order valence-electron chi connectivity index (χ2n) is 8.12. The number of H-pyrrole nitrogens is 1. The van der Waals surface area contributed by atoms with Crippen LogP contribution in [0.4, 0.5) is 0 Å². The van der Waals surface area contributed by atoms with Crippen molar-refractivity contribution in [1.82, 2.24) is 24.8 Å². The maximum absolute atomic E-state index is 12.6. The quantitative estimate of drug-likeness (QED) is 0.540. The fraction of sp³-hybridized carbons (Fsp3) is 0.632. The zero-order valence-corrected chi connectivity index (χ0v) is 17.1. The molecule has 28 heavy (non-hydrogen) atoms. The highest BCUT2D eigenvalue weighted by Crippen LogP contribution is 2.41. The van der Waals surface area contributed by atoms with Crippen LogP contribution in [0.25, 0.3) is 11.0 Å². The predicted molar refractivity (Wildman–Crippen MR) is 108 cm³/mol. The Morgan fingerprint density at radius 3 is 2.54 bits per heavy atom. The van der Waals surface area contributed by atoms with Crippen molar-refractivity contribution in [1.29, 1.82) is 0 Å². The first kappa shape index (κ1) is 19.2. The zero-order chi connectivity index (χ0) is 20.0. The lowest BCUT2D eigenvalue weighted by Gasteiger charge is -2.15. The number of aromatic amines is 1. The van der Waals surface area contributed by atoms with Crippen LogP contribution in [0, 0.1) is 5.92 Å². The van der Waals surface area contributed by atoms with Crippen molar-refractivity contribution in [3.8, 4) is 0 Å². The molecule has 4 rings (SSSR count). The van der Waals surface area contributed by atoms with Crippen LogP contribution < -0.4 is 16.6 Å². The van der Waals surface area contributed by atoms with E-state index in [0.717, 1.165) is 25.7 Å². The normalized spacial score (nSPS) is 17.9. The van der Waals surface area contributed by atoms with Gasteiger partial charge in [0.05, 0.1) is 5.25 Å². The van der Waals surface area contributed by atoms with Crippen molar-refractivity contribution in [3.63, 3.8) is 0 Å². The van der Waals surface area contributed by atoms with Crippen LogP contribution in [0.15, 0.2) is 14.6 Å². The summed E-state index contributed by atoms with van der Waals surface area (Å²) >= 11 is 1.25. The maximum atomic E-state index is 12.6. The van der Waals surface area contributed by atoms with Gasteiger partial charge < -0.3 is 5.32 Å². The molecule has 0 saturated heterocycles. The number of thioether (sulfide) groups is 1. The first-order valence-electron chi connectivity index (χ1n) is 9.86. The van der Waals surface area contributed by atoms with E-state index in [2.05, 4.69) is 20.3 Å². The molecule has 2 saturated carbocycles. The Bertz CT molecular complexity index is 1040. The van der Waals surface area contributed by atoms with Gasteiger partial charge in [-0.25, -0.2) is 14.8 Å². The highest BCUT2D eigenvalue weighted by atomic mass is 32.2. The Hall–Kier alpha value is -2.16. The van der Waals surface area contributed by atoms with Crippen molar-refractivity contribution < 1.29 is 4.79 Å². The number of rotatable bonds is 7. The molecule has 2 N–H and O–H groups in total. The SMILES string of the molecule is CC(C)CNC(=O)C(C)Sc1nc(C2CC2)nc2c1c(=O)[nH]c(=O)n2C1CC1. The van der Waals surface area contributed by atoms with E-state index in [4.69, 9.17) is 0 Å². The fourth-order valence-electron chi connectivity index (χ4n) is 3.08. The summed E-state index contributed by atoms with van der Waals surface area (Å²) in [6, 6.07) is 0.0819. The number of aromatic nitrogens is 4. The molecule has 2 aromatic heterocycles. The van der Waals surface area contributed by atoms with Gasteiger partial charge in [0.25, 0.3) is 5.56 Å². The summed E-state index contributed by atoms with van der Waals surface area (Å²) in [5.41, 5.74) is -0.499. The molecular formula is C19H25N5O3S. The van der Waals surface area contributed by atoms with E-state index in [1.54, 1.807) is 11.5 Å². The minimum absolute atomic E-state index is 0.0819. The predicted octanol–water partition coefficient (Wildman–Crippen LogP) is 1.94. The Morgan fingerprint density at radius 1 is 1.21 bits per heavy atom. The molecule has 1 atom stereocenters. The largest absolute Gasteiger partial charge is 0.355 e. The van der Waals surface area contributed by atoms with Crippen molar-refractivity contribution >= 4 is 28.7 Å². The number of nitrogens with one attached hydrogen (secondary N) is 2. The van der Waals surface area contributed by atoms with E-state index in [-0.39, 0.29) is 17.9 Å². The van der Waals surface area contributed by atoms with Gasteiger partial charge in [0, 0.05) is 18.5 Å². The summed E-state index contributed by atoms with van der Waals surface area (Å²) in [6.07, 6.45) is 3.83. The maximum Gasteiger partial charge on any atom is 0.330 e. The van der Waals surface area contributed by atoms with Crippen LogP contribution in [-0.4, -0.2) is 37.2 Å². The Morgan fingerprint density at radius 2 is 1.93 bits per heavy atom. The van der Waals surface area contributed by atoms with Crippen LogP contribution in [0.2, 0.25) is 0 Å². The van der Waals surface area contributed by atoms with Gasteiger partial charge in [-0.3, -0.25) is 19.1 Å². The molecule has 2 aliphatic rings. The number of fused-ring (bicyclic) bond motifs is 1. The van der Waals surface area contributed by atoms with Gasteiger partial charge in [0.15, 0.2) is 5.65 Å². The average Bonchev–Trinajstić information content (AvgIpc) is 3.52. The highest BCUT2D eigenvalue weighted by molar-refractivity contribution is 8.00. The molecule has 0 bridgehead atoms. The van der Waals surface area contributed by atoms with Gasteiger partial charge >= 0.3 is 5.69 Å². The first-order chi connectivity index (χ1) is 13.3. The summed E-state index contributed by atoms with van der Waals surface area (Å²) in [5.74, 6) is 1.21. The lowest BCUT2D eigenvalue weighted by Crippen LogP contribution is -2.34. The van der Waals surface area contributed by atoms with E-state index in [1.807, 2.05) is 13.8 Å². The third kappa shape index (κ3) is 3.85. The lowest BCUT2D eigenvalue weighted by molar-refractivity contribution is -0.120. The number of nitrogens with zero attached hydrogens (tertiary/aromatic N) is 3. The molecule has 1 unspecified atom stereocenters. The molecule has 2 heterocycles. The average molecular weight is 404 g/mol. The molecule has 0 radical (unpaired) electrons. The Labute approximate surface area is 166 Å². The molecule has 9 heteroatoms. The Kier molecular flexibility index (Phi) is 5.03. The van der Waals surface area contributed by atoms with Gasteiger partial charge in [-0.05, 0) is 38.5 Å². The van der Waals surface area contributed by atoms with E-state index in [9.17, 15) is 14.4 Å². The number of hydrogen-bond acceptors (Lipinski definition) is 6. The van der Waals surface area contributed by atoms with Crippen LogP contribution in [-0.2, 0) is 4.79 Å². The molecular weight excluding hydrogens is 378 g/mol. The topological polar surface area (TPSA) is 110 Å². The van der Waals surface area contributed by atoms with E-state index >= 15 is 0 Å². The second kappa shape index (κ2) is 7.35. The summed E-state index contributed by atoms with van der Waals surface area (Å²) in [6.45, 7) is 6.47. The van der Waals surface area contributed by atoms with Gasteiger partial charge in [0.2, 0.25) is 5.91 Å². The van der Waals surface area contributed by atoms with E-state index in [1.165, 1.54) is 11.8 Å². The molecule has 2 fully saturated rings. The minimum Gasteiger partial charge on any atom is -0.355 e. The zero-order valence-electron chi connectivity index (χ0n) is 16.3. The van der Waals surface area contributed by atoms with Crippen LogP contribution >= 0.6 is 11.8 Å². The highest BCUT2D eigenvalue weighted by Gasteiger charge is 2.32. The van der Waals surface area contributed by atoms with Crippen molar-refractivity contribution in [2.24, 2.45) is 5.92 Å². The third-order valence-corrected chi connectivity index (χ3v) is 6.05. The monoisotopic (exact) mass is 403 g/mol. The summed E-state index contributed by atoms with van der Waals surface area (Å²) < 4.78 is 1.60. The molecule has 8 nitrogen and oxygen atoms in total. The molecule has 2 aromatic rings. The lowest BCUT2D eigenvalue weighted by atomic mass is 10.2. The standard InChI is InChI=1S/C19H25N5O3S/c1-9(2)8-20-16(25)10(3)28-18-13-15(21-14(22-18)11-4-5-11)24(12-6-7-12)19(27)23-17(13)26/h9-12H,4-8H2,1-3H3,(H,20,25)(H,23,26,27). The summed E-state index contributed by atoms with van der Waals surface area (Å²) in [5, 5.41) is 3.30. The molecule has 1 amide bonds. The molecule has 0 aromatic carbocycles. The number of hydrogen-bond donors (Lipinski definition) is 2. The van der Waals surface area contributed by atoms with Crippen molar-refractivity contribution in [2.75, 3.05) is 6.54 Å². The van der Waals surface area contributed by atoms with Crippen LogP contribution in [0.1, 0.15) is 64.2 Å². The summed E-state index contributed by atoms with van der Waals surface area (Å²) in [4.78, 5) is 49.1. The minimum atomic E-state index is -0.489. The molecule has 2 aliphatic carbocycles. The summed E-state index contributed by atoms with van der Waals surface area (Å²) in [7, 11) is 0. The molecule has 0 spiro atoms. The number of carbonyl (C=O) groups is 1. The van der Waals surface area contributed by atoms with Crippen molar-refractivity contribution in [2.45, 2.75) is 68.7 Å². The van der Waals surface area contributed by atoms with E-state index < -0.39 is 16.5 Å². The van der Waals surface area contributed by atoms with Crippen LogP contribution in [0.3, 0.4) is 0 Å². The van der Waals surface area contributed by atoms with Gasteiger partial charge in [0.1, 0.15) is 16.2 Å². The van der Waals surface area contributed by atoms with E-state index in [0.29, 0.717) is 34.3 Å². The second-order valence-corrected chi connectivity index (χ2v) is 9.45. The molecule has 150 valence electrons. The number of amides is 1. The first-order valence-corrected chi connectivity index (χ1v) is 10.7.